The van der Waals surface area contributed by atoms with Crippen LogP contribution < -0.4 is 0 Å². The molecule has 0 unspecified atom stereocenters. The van der Waals surface area contributed by atoms with Gasteiger partial charge in [-0.2, -0.15) is 13.2 Å². The van der Waals surface area contributed by atoms with Crippen LogP contribution in [0.25, 0.3) is 0 Å². The third kappa shape index (κ3) is 5.46. The van der Waals surface area contributed by atoms with E-state index < -0.39 is 11.7 Å². The molecular formula is C17H19F3N4O2S. The molecule has 6 nitrogen and oxygen atoms in total. The first kappa shape index (κ1) is 19.7. The number of piperazine rings is 1. The molecule has 3 rings (SSSR count). The van der Waals surface area contributed by atoms with Crippen molar-refractivity contribution < 1.29 is 22.5 Å². The maximum Gasteiger partial charge on any atom is 0.417 e. The zero-order valence-electron chi connectivity index (χ0n) is 14.7. The van der Waals surface area contributed by atoms with Crippen LogP contribution in [0.15, 0.2) is 33.9 Å². The fraction of sp³-hybridized carbons (Fsp3) is 0.471. The van der Waals surface area contributed by atoms with E-state index in [1.807, 2.05) is 13.0 Å². The number of carbonyl (C=O) groups excluding carboxylic acids is 1. The summed E-state index contributed by atoms with van der Waals surface area (Å²) in [4.78, 5) is 20.0. The van der Waals surface area contributed by atoms with Crippen molar-refractivity contribution >= 4 is 17.7 Å². The largest absolute Gasteiger partial charge is 0.417 e. The SMILES string of the molecule is Cc1cc(CN2CCN(C(=O)CSc3ccc(C(F)(F)F)cn3)CC2)on1. The van der Waals surface area contributed by atoms with E-state index in [9.17, 15) is 18.0 Å². The smallest absolute Gasteiger partial charge is 0.360 e. The maximum absolute atomic E-state index is 12.5. The van der Waals surface area contributed by atoms with E-state index in [4.69, 9.17) is 4.52 Å². The van der Waals surface area contributed by atoms with Crippen molar-refractivity contribution in [1.82, 2.24) is 19.9 Å². The molecule has 1 aliphatic rings. The molecule has 1 amide bonds. The molecular weight excluding hydrogens is 381 g/mol. The van der Waals surface area contributed by atoms with Crippen molar-refractivity contribution in [3.8, 4) is 0 Å². The predicted molar refractivity (Wildman–Crippen MR) is 93.1 cm³/mol. The highest BCUT2D eigenvalue weighted by Crippen LogP contribution is 2.29. The van der Waals surface area contributed by atoms with Gasteiger partial charge in [-0.15, -0.1) is 0 Å². The average Bonchev–Trinajstić information content (AvgIpc) is 3.04. The number of amides is 1. The highest BCUT2D eigenvalue weighted by atomic mass is 32.2. The fourth-order valence-corrected chi connectivity index (χ4v) is 3.47. The van der Waals surface area contributed by atoms with E-state index in [1.165, 1.54) is 6.07 Å². The van der Waals surface area contributed by atoms with Gasteiger partial charge in [0.1, 0.15) is 0 Å². The lowest BCUT2D eigenvalue weighted by Crippen LogP contribution is -2.48. The molecule has 0 spiro atoms. The van der Waals surface area contributed by atoms with E-state index >= 15 is 0 Å². The monoisotopic (exact) mass is 400 g/mol. The summed E-state index contributed by atoms with van der Waals surface area (Å²) in [5.41, 5.74) is 0.0453. The van der Waals surface area contributed by atoms with E-state index in [0.29, 0.717) is 24.7 Å². The molecule has 1 fully saturated rings. The van der Waals surface area contributed by atoms with E-state index in [-0.39, 0.29) is 11.7 Å². The summed E-state index contributed by atoms with van der Waals surface area (Å²) < 4.78 is 42.8. The number of pyridine rings is 1. The minimum absolute atomic E-state index is 0.0446. The van der Waals surface area contributed by atoms with E-state index in [1.54, 1.807) is 4.90 Å². The molecule has 0 N–H and O–H groups in total. The van der Waals surface area contributed by atoms with Gasteiger partial charge in [-0.1, -0.05) is 16.9 Å². The summed E-state index contributed by atoms with van der Waals surface area (Å²) in [5, 5.41) is 4.26. The minimum atomic E-state index is -4.41. The standard InChI is InChI=1S/C17H19F3N4O2S/c1-12-8-14(26-22-12)10-23-4-6-24(7-5-23)16(25)11-27-15-3-2-13(9-21-15)17(18,19)20/h2-3,8-9H,4-7,10-11H2,1H3. The lowest BCUT2D eigenvalue weighted by molar-refractivity contribution is -0.138. The van der Waals surface area contributed by atoms with Crippen LogP contribution in [0.1, 0.15) is 17.0 Å². The van der Waals surface area contributed by atoms with Crippen LogP contribution in [0.2, 0.25) is 0 Å². The summed E-state index contributed by atoms with van der Waals surface area (Å²) in [6.45, 7) is 5.20. The Hall–Kier alpha value is -2.07. The second-order valence-electron chi connectivity index (χ2n) is 6.26. The summed E-state index contributed by atoms with van der Waals surface area (Å²) in [7, 11) is 0. The Bertz CT molecular complexity index is 771. The molecule has 0 radical (unpaired) electrons. The van der Waals surface area contributed by atoms with Gasteiger partial charge >= 0.3 is 6.18 Å². The lowest BCUT2D eigenvalue weighted by Gasteiger charge is -2.34. The molecule has 0 saturated carbocycles. The lowest BCUT2D eigenvalue weighted by atomic mass is 10.3. The Balaban J connectivity index is 1.43. The number of thioether (sulfide) groups is 1. The predicted octanol–water partition coefficient (Wildman–Crippen LogP) is 2.83. The summed E-state index contributed by atoms with van der Waals surface area (Å²) in [6.07, 6.45) is -3.62. The maximum atomic E-state index is 12.5. The van der Waals surface area contributed by atoms with Crippen LogP contribution in [0, 0.1) is 6.92 Å². The van der Waals surface area contributed by atoms with Crippen molar-refractivity contribution in [1.29, 1.82) is 0 Å². The van der Waals surface area contributed by atoms with E-state index in [2.05, 4.69) is 15.0 Å². The highest BCUT2D eigenvalue weighted by molar-refractivity contribution is 7.99. The van der Waals surface area contributed by atoms with Gasteiger partial charge in [-0.05, 0) is 19.1 Å². The summed E-state index contributed by atoms with van der Waals surface area (Å²) in [5.74, 6) is 0.910. The zero-order valence-corrected chi connectivity index (χ0v) is 15.5. The second kappa shape index (κ2) is 8.30. The summed E-state index contributed by atoms with van der Waals surface area (Å²) in [6, 6.07) is 4.16. The Morgan fingerprint density at radius 1 is 1.26 bits per heavy atom. The normalized spacial score (nSPS) is 15.9. The van der Waals surface area contributed by atoms with Gasteiger partial charge in [0, 0.05) is 38.4 Å². The van der Waals surface area contributed by atoms with Crippen molar-refractivity contribution in [2.75, 3.05) is 31.9 Å². The Labute approximate surface area is 158 Å². The van der Waals surface area contributed by atoms with Gasteiger partial charge < -0.3 is 9.42 Å². The molecule has 2 aromatic heterocycles. The van der Waals surface area contributed by atoms with Crippen molar-refractivity contribution in [2.24, 2.45) is 0 Å². The average molecular weight is 400 g/mol. The number of carbonyl (C=O) groups is 1. The topological polar surface area (TPSA) is 62.5 Å². The molecule has 3 heterocycles. The third-order valence-electron chi connectivity index (χ3n) is 4.19. The number of rotatable bonds is 5. The highest BCUT2D eigenvalue weighted by Gasteiger charge is 2.30. The van der Waals surface area contributed by atoms with Crippen molar-refractivity contribution in [3.05, 3.63) is 41.4 Å². The van der Waals surface area contributed by atoms with Crippen LogP contribution >= 0.6 is 11.8 Å². The van der Waals surface area contributed by atoms with Gasteiger partial charge in [-0.25, -0.2) is 4.98 Å². The van der Waals surface area contributed by atoms with Gasteiger partial charge in [-0.3, -0.25) is 9.69 Å². The molecule has 27 heavy (non-hydrogen) atoms. The second-order valence-corrected chi connectivity index (χ2v) is 7.26. The van der Waals surface area contributed by atoms with Gasteiger partial charge in [0.2, 0.25) is 5.91 Å². The van der Waals surface area contributed by atoms with Gasteiger partial charge in [0.05, 0.1) is 28.6 Å². The summed E-state index contributed by atoms with van der Waals surface area (Å²) >= 11 is 1.14. The quantitative estimate of drug-likeness (QED) is 0.720. The first-order valence-electron chi connectivity index (χ1n) is 8.39. The molecule has 0 aromatic carbocycles. The van der Waals surface area contributed by atoms with Crippen molar-refractivity contribution in [2.45, 2.75) is 24.7 Å². The number of hydrogen-bond acceptors (Lipinski definition) is 6. The zero-order chi connectivity index (χ0) is 19.4. The number of halogens is 3. The number of aromatic nitrogens is 2. The first-order valence-corrected chi connectivity index (χ1v) is 9.38. The first-order chi connectivity index (χ1) is 12.8. The van der Waals surface area contributed by atoms with Gasteiger partial charge in [0.25, 0.3) is 0 Å². The molecule has 1 aliphatic heterocycles. The Morgan fingerprint density at radius 2 is 2.00 bits per heavy atom. The van der Waals surface area contributed by atoms with Crippen molar-refractivity contribution in [3.63, 3.8) is 0 Å². The molecule has 2 aromatic rings. The van der Waals surface area contributed by atoms with Crippen LogP contribution in [-0.2, 0) is 17.5 Å². The Morgan fingerprint density at radius 3 is 2.56 bits per heavy atom. The van der Waals surface area contributed by atoms with Crippen LogP contribution in [-0.4, -0.2) is 57.8 Å². The van der Waals surface area contributed by atoms with Crippen LogP contribution in [0.3, 0.4) is 0 Å². The molecule has 1 saturated heterocycles. The van der Waals surface area contributed by atoms with Gasteiger partial charge in [0.15, 0.2) is 5.76 Å². The van der Waals surface area contributed by atoms with E-state index in [0.717, 1.165) is 48.6 Å². The van der Waals surface area contributed by atoms with Crippen LogP contribution in [0.4, 0.5) is 13.2 Å². The Kier molecular flexibility index (Phi) is 6.05. The minimum Gasteiger partial charge on any atom is -0.360 e. The number of alkyl halides is 3. The third-order valence-corrected chi connectivity index (χ3v) is 5.12. The number of aryl methyl sites for hydroxylation is 1. The molecule has 0 aliphatic carbocycles. The molecule has 146 valence electrons. The number of nitrogens with zero attached hydrogens (tertiary/aromatic N) is 4. The fourth-order valence-electron chi connectivity index (χ4n) is 2.73. The molecule has 0 atom stereocenters. The van der Waals surface area contributed by atoms with Crippen LogP contribution in [0.5, 0.6) is 0 Å². The molecule has 10 heteroatoms. The molecule has 0 bridgehead atoms. The number of hydrogen-bond donors (Lipinski definition) is 0.